The third-order valence-corrected chi connectivity index (χ3v) is 2.84. The number of halogens is 1. The van der Waals surface area contributed by atoms with Gasteiger partial charge in [-0.15, -0.1) is 0 Å². The van der Waals surface area contributed by atoms with E-state index in [4.69, 9.17) is 5.26 Å². The molecule has 1 rings (SSSR count). The van der Waals surface area contributed by atoms with Crippen LogP contribution in [0.15, 0.2) is 22.7 Å². The molecule has 0 heterocycles. The fourth-order valence-electron chi connectivity index (χ4n) is 1.32. The summed E-state index contributed by atoms with van der Waals surface area (Å²) in [5.41, 5.74) is -0.681. The Morgan fingerprint density at radius 2 is 2.33 bits per heavy atom. The fraction of sp³-hybridized carbons (Fsp3) is 0.333. The van der Waals surface area contributed by atoms with Gasteiger partial charge in [0.1, 0.15) is 6.07 Å². The highest BCUT2D eigenvalue weighted by Gasteiger charge is 2.31. The zero-order chi connectivity index (χ0) is 13.8. The summed E-state index contributed by atoms with van der Waals surface area (Å²) in [5.74, 6) is -0.733. The van der Waals surface area contributed by atoms with Gasteiger partial charge in [-0.1, -0.05) is 15.9 Å². The first kappa shape index (κ1) is 14.5. The molecular formula is C12H13BrN2O3. The van der Waals surface area contributed by atoms with Crippen LogP contribution >= 0.6 is 15.9 Å². The van der Waals surface area contributed by atoms with E-state index in [0.29, 0.717) is 11.3 Å². The zero-order valence-corrected chi connectivity index (χ0v) is 11.6. The number of hydrogen-bond acceptors (Lipinski definition) is 5. The molecule has 0 aliphatic carbocycles. The zero-order valence-electron chi connectivity index (χ0n) is 10.0. The van der Waals surface area contributed by atoms with Crippen molar-refractivity contribution in [2.45, 2.75) is 12.5 Å². The second kappa shape index (κ2) is 5.85. The Hall–Kier alpha value is -1.58. The number of esters is 1. The highest BCUT2D eigenvalue weighted by Crippen LogP contribution is 2.21. The van der Waals surface area contributed by atoms with Crippen LogP contribution in [0.2, 0.25) is 0 Å². The highest BCUT2D eigenvalue weighted by atomic mass is 79.9. The monoisotopic (exact) mass is 312 g/mol. The van der Waals surface area contributed by atoms with Crippen molar-refractivity contribution < 1.29 is 14.6 Å². The Labute approximate surface area is 114 Å². The summed E-state index contributed by atoms with van der Waals surface area (Å²) in [6.07, 6.45) is 0. The van der Waals surface area contributed by atoms with Crippen molar-refractivity contribution in [3.8, 4) is 6.07 Å². The predicted octanol–water partition coefficient (Wildman–Crippen LogP) is 1.66. The quantitative estimate of drug-likeness (QED) is 0.826. The molecule has 0 spiro atoms. The molecule has 0 aliphatic rings. The van der Waals surface area contributed by atoms with Crippen molar-refractivity contribution in [2.75, 3.05) is 19.0 Å². The van der Waals surface area contributed by atoms with E-state index in [1.807, 2.05) is 6.07 Å². The summed E-state index contributed by atoms with van der Waals surface area (Å²) >= 11 is 3.29. The summed E-state index contributed by atoms with van der Waals surface area (Å²) in [5, 5.41) is 21.6. The van der Waals surface area contributed by atoms with Crippen molar-refractivity contribution in [3.05, 3.63) is 28.2 Å². The van der Waals surface area contributed by atoms with Crippen LogP contribution in [0, 0.1) is 11.3 Å². The second-order valence-corrected chi connectivity index (χ2v) is 4.84. The lowest BCUT2D eigenvalue weighted by Crippen LogP contribution is -2.42. The Morgan fingerprint density at radius 3 is 2.89 bits per heavy atom. The molecule has 6 heteroatoms. The lowest BCUT2D eigenvalue weighted by molar-refractivity contribution is -0.158. The molecule has 0 saturated carbocycles. The molecule has 1 unspecified atom stereocenters. The van der Waals surface area contributed by atoms with Gasteiger partial charge in [0.15, 0.2) is 5.60 Å². The average Bonchev–Trinajstić information content (AvgIpc) is 2.35. The lowest BCUT2D eigenvalue weighted by Gasteiger charge is -2.21. The number of ether oxygens (including phenoxy) is 1. The number of methoxy groups -OCH3 is 1. The van der Waals surface area contributed by atoms with E-state index >= 15 is 0 Å². The second-order valence-electron chi connectivity index (χ2n) is 3.92. The summed E-state index contributed by atoms with van der Waals surface area (Å²) in [7, 11) is 1.20. The SMILES string of the molecule is COC(=O)C(C)(O)CNc1cc(Br)ccc1C#N. The maximum Gasteiger partial charge on any atom is 0.339 e. The van der Waals surface area contributed by atoms with E-state index in [2.05, 4.69) is 26.0 Å². The van der Waals surface area contributed by atoms with E-state index in [0.717, 1.165) is 4.47 Å². The molecule has 0 aromatic heterocycles. The van der Waals surface area contributed by atoms with Crippen molar-refractivity contribution >= 4 is 27.6 Å². The molecular weight excluding hydrogens is 300 g/mol. The van der Waals surface area contributed by atoms with Crippen molar-refractivity contribution in [1.29, 1.82) is 5.26 Å². The van der Waals surface area contributed by atoms with E-state index in [1.54, 1.807) is 18.2 Å². The number of hydrogen-bond donors (Lipinski definition) is 2. The summed E-state index contributed by atoms with van der Waals surface area (Å²) < 4.78 is 5.27. The van der Waals surface area contributed by atoms with Gasteiger partial charge in [0.05, 0.1) is 24.9 Å². The maximum atomic E-state index is 11.3. The van der Waals surface area contributed by atoms with Crippen LogP contribution in [-0.2, 0) is 9.53 Å². The molecule has 0 bridgehead atoms. The van der Waals surface area contributed by atoms with Crippen LogP contribution in [0.1, 0.15) is 12.5 Å². The normalized spacial score (nSPS) is 13.3. The molecule has 2 N–H and O–H groups in total. The first-order valence-electron chi connectivity index (χ1n) is 5.15. The molecule has 1 aromatic carbocycles. The number of carbonyl (C=O) groups excluding carboxylic acids is 1. The van der Waals surface area contributed by atoms with Crippen LogP contribution in [0.5, 0.6) is 0 Å². The minimum Gasteiger partial charge on any atom is -0.467 e. The first-order chi connectivity index (χ1) is 8.40. The Morgan fingerprint density at radius 1 is 1.67 bits per heavy atom. The number of nitrogens with one attached hydrogen (secondary N) is 1. The Kier molecular flexibility index (Phi) is 4.70. The molecule has 0 aliphatic heterocycles. The number of aliphatic hydroxyl groups is 1. The molecule has 96 valence electrons. The van der Waals surface area contributed by atoms with E-state index in [-0.39, 0.29) is 6.54 Å². The van der Waals surface area contributed by atoms with Gasteiger partial charge in [-0.3, -0.25) is 0 Å². The Bertz CT molecular complexity index is 495. The molecule has 0 fully saturated rings. The summed E-state index contributed by atoms with van der Waals surface area (Å²) in [6.45, 7) is 1.29. The van der Waals surface area contributed by atoms with Crippen LogP contribution < -0.4 is 5.32 Å². The number of anilines is 1. The number of carbonyl (C=O) groups is 1. The predicted molar refractivity (Wildman–Crippen MR) is 70.0 cm³/mol. The Balaban J connectivity index is 2.84. The summed E-state index contributed by atoms with van der Waals surface area (Å²) in [4.78, 5) is 11.3. The topological polar surface area (TPSA) is 82.3 Å². The molecule has 18 heavy (non-hydrogen) atoms. The fourth-order valence-corrected chi connectivity index (χ4v) is 1.68. The third-order valence-electron chi connectivity index (χ3n) is 2.35. The van der Waals surface area contributed by atoms with E-state index in [1.165, 1.54) is 14.0 Å². The van der Waals surface area contributed by atoms with Crippen LogP contribution in [0.4, 0.5) is 5.69 Å². The van der Waals surface area contributed by atoms with Crippen LogP contribution in [0.25, 0.3) is 0 Å². The van der Waals surface area contributed by atoms with Crippen LogP contribution in [0.3, 0.4) is 0 Å². The molecule has 0 saturated heterocycles. The van der Waals surface area contributed by atoms with Gasteiger partial charge >= 0.3 is 5.97 Å². The summed E-state index contributed by atoms with van der Waals surface area (Å²) in [6, 6.07) is 7.10. The minimum absolute atomic E-state index is 0.0508. The molecule has 0 amide bonds. The van der Waals surface area contributed by atoms with Gasteiger partial charge in [0, 0.05) is 4.47 Å². The molecule has 1 atom stereocenters. The highest BCUT2D eigenvalue weighted by molar-refractivity contribution is 9.10. The van der Waals surface area contributed by atoms with Gasteiger partial charge in [0.2, 0.25) is 0 Å². The lowest BCUT2D eigenvalue weighted by atomic mass is 10.1. The molecule has 0 radical (unpaired) electrons. The van der Waals surface area contributed by atoms with Gasteiger partial charge in [-0.05, 0) is 25.1 Å². The first-order valence-corrected chi connectivity index (χ1v) is 5.94. The molecule has 5 nitrogen and oxygen atoms in total. The molecule has 1 aromatic rings. The van der Waals surface area contributed by atoms with E-state index < -0.39 is 11.6 Å². The number of nitriles is 1. The van der Waals surface area contributed by atoms with Gasteiger partial charge in [0.25, 0.3) is 0 Å². The van der Waals surface area contributed by atoms with E-state index in [9.17, 15) is 9.90 Å². The number of benzene rings is 1. The van der Waals surface area contributed by atoms with Crippen molar-refractivity contribution in [2.24, 2.45) is 0 Å². The minimum atomic E-state index is -1.65. The third kappa shape index (κ3) is 3.45. The maximum absolute atomic E-state index is 11.3. The number of nitrogens with zero attached hydrogens (tertiary/aromatic N) is 1. The van der Waals surface area contributed by atoms with Gasteiger partial charge < -0.3 is 15.2 Å². The smallest absolute Gasteiger partial charge is 0.339 e. The largest absolute Gasteiger partial charge is 0.467 e. The average molecular weight is 313 g/mol. The van der Waals surface area contributed by atoms with Crippen molar-refractivity contribution in [3.63, 3.8) is 0 Å². The van der Waals surface area contributed by atoms with Crippen molar-refractivity contribution in [1.82, 2.24) is 0 Å². The number of rotatable bonds is 4. The van der Waals surface area contributed by atoms with Gasteiger partial charge in [-0.2, -0.15) is 5.26 Å². The standard InChI is InChI=1S/C12H13BrN2O3/c1-12(17,11(16)18-2)7-15-10-5-9(13)4-3-8(10)6-14/h3-5,15,17H,7H2,1-2H3. The van der Waals surface area contributed by atoms with Crippen LogP contribution in [-0.4, -0.2) is 30.3 Å². The van der Waals surface area contributed by atoms with Gasteiger partial charge in [-0.25, -0.2) is 4.79 Å².